The highest BCUT2D eigenvalue weighted by Crippen LogP contribution is 2.32. The van der Waals surface area contributed by atoms with E-state index in [0.717, 1.165) is 6.07 Å². The predicted molar refractivity (Wildman–Crippen MR) is 154 cm³/mol. The molecule has 2 aromatic rings. The second-order valence-electron chi connectivity index (χ2n) is 10.9. The summed E-state index contributed by atoms with van der Waals surface area (Å²) in [5.74, 6) is -4.89. The van der Waals surface area contributed by atoms with Crippen molar-refractivity contribution in [2.75, 3.05) is 36.4 Å². The van der Waals surface area contributed by atoms with Gasteiger partial charge in [-0.15, -0.1) is 0 Å². The number of rotatable bonds is 10. The van der Waals surface area contributed by atoms with E-state index in [1.54, 1.807) is 31.7 Å². The third-order valence-electron chi connectivity index (χ3n) is 7.16. The molecular formula is C29H35ClF5N5O3. The minimum atomic E-state index is -4.26. The fourth-order valence-corrected chi connectivity index (χ4v) is 4.99. The third kappa shape index (κ3) is 9.27. The molecule has 1 aliphatic heterocycles. The number of halogens is 6. The van der Waals surface area contributed by atoms with Crippen LogP contribution in [0.1, 0.15) is 50.0 Å². The smallest absolute Gasteiger partial charge is 0.367 e. The molecule has 0 radical (unpaired) electrons. The first-order valence-electron chi connectivity index (χ1n) is 13.8. The van der Waals surface area contributed by atoms with E-state index in [0.29, 0.717) is 30.3 Å². The highest BCUT2D eigenvalue weighted by atomic mass is 35.5. The van der Waals surface area contributed by atoms with Crippen molar-refractivity contribution in [2.24, 2.45) is 5.92 Å². The van der Waals surface area contributed by atoms with Gasteiger partial charge in [-0.05, 0) is 37.1 Å². The molecule has 2 aromatic carbocycles. The van der Waals surface area contributed by atoms with Crippen LogP contribution in [0.3, 0.4) is 0 Å². The molecule has 1 heterocycles. The molecular weight excluding hydrogens is 597 g/mol. The van der Waals surface area contributed by atoms with Crippen molar-refractivity contribution in [3.63, 3.8) is 0 Å². The average Bonchev–Trinajstić information content (AvgIpc) is 2.91. The van der Waals surface area contributed by atoms with E-state index in [2.05, 4.69) is 16.0 Å². The molecule has 1 saturated heterocycles. The van der Waals surface area contributed by atoms with Crippen LogP contribution in [0.25, 0.3) is 0 Å². The first kappa shape index (κ1) is 34.0. The maximum absolute atomic E-state index is 15.0. The molecule has 0 aliphatic carbocycles. The summed E-state index contributed by atoms with van der Waals surface area (Å²) in [4.78, 5) is 40.5. The number of nitrogens with zero attached hydrogens (tertiary/aromatic N) is 2. The molecule has 1 aliphatic rings. The van der Waals surface area contributed by atoms with Gasteiger partial charge in [-0.3, -0.25) is 19.3 Å². The lowest BCUT2D eigenvalue weighted by atomic mass is 10.0. The molecule has 3 rings (SSSR count). The topological polar surface area (TPSA) is 93.8 Å². The number of carbonyl (C=O) groups excluding carboxylic acids is 3. The number of piperazine rings is 1. The molecule has 236 valence electrons. The summed E-state index contributed by atoms with van der Waals surface area (Å²) in [5.41, 5.74) is -0.0177. The van der Waals surface area contributed by atoms with Crippen molar-refractivity contribution < 1.29 is 36.3 Å². The average molecular weight is 632 g/mol. The zero-order valence-corrected chi connectivity index (χ0v) is 25.0. The SMILES string of the molecule is CC(=O)NC(C(=O)NCc1ccc(C(=O)Nc2ccc(Cl)cc2N2CCN(CCC(F)(F)F)[C@@H](C)C2)c(F)c1F)C(C)C. The number of nitrogens with one attached hydrogen (secondary N) is 3. The third-order valence-corrected chi connectivity index (χ3v) is 7.40. The van der Waals surface area contributed by atoms with E-state index in [-0.39, 0.29) is 36.3 Å². The molecule has 3 amide bonds. The summed E-state index contributed by atoms with van der Waals surface area (Å²) in [6, 6.07) is 5.79. The van der Waals surface area contributed by atoms with Crippen LogP contribution in [0.5, 0.6) is 0 Å². The molecule has 2 atom stereocenters. The van der Waals surface area contributed by atoms with Crippen molar-refractivity contribution >= 4 is 40.7 Å². The summed E-state index contributed by atoms with van der Waals surface area (Å²) in [5, 5.41) is 7.92. The quantitative estimate of drug-likeness (QED) is 0.317. The van der Waals surface area contributed by atoms with Crippen LogP contribution in [0.15, 0.2) is 30.3 Å². The lowest BCUT2D eigenvalue weighted by Gasteiger charge is -2.41. The van der Waals surface area contributed by atoms with Crippen LogP contribution in [0.4, 0.5) is 33.3 Å². The maximum atomic E-state index is 15.0. The van der Waals surface area contributed by atoms with Gasteiger partial charge in [0.15, 0.2) is 11.6 Å². The zero-order chi connectivity index (χ0) is 32.1. The van der Waals surface area contributed by atoms with Gasteiger partial charge in [0.05, 0.1) is 23.4 Å². The minimum absolute atomic E-state index is 0.129. The van der Waals surface area contributed by atoms with Crippen LogP contribution in [0.2, 0.25) is 5.02 Å². The van der Waals surface area contributed by atoms with E-state index >= 15 is 4.39 Å². The Bertz CT molecular complexity index is 1340. The Morgan fingerprint density at radius 1 is 1.07 bits per heavy atom. The fraction of sp³-hybridized carbons (Fsp3) is 0.483. The van der Waals surface area contributed by atoms with Crippen molar-refractivity contribution in [3.8, 4) is 0 Å². The van der Waals surface area contributed by atoms with Crippen molar-refractivity contribution in [2.45, 2.75) is 58.9 Å². The summed E-state index contributed by atoms with van der Waals surface area (Å²) in [6.45, 7) is 7.05. The van der Waals surface area contributed by atoms with Crippen molar-refractivity contribution in [1.29, 1.82) is 0 Å². The van der Waals surface area contributed by atoms with Gasteiger partial charge in [0.1, 0.15) is 6.04 Å². The van der Waals surface area contributed by atoms with Crippen molar-refractivity contribution in [3.05, 3.63) is 58.1 Å². The van der Waals surface area contributed by atoms with E-state index in [1.807, 2.05) is 4.90 Å². The molecule has 0 saturated carbocycles. The number of hydrogen-bond acceptors (Lipinski definition) is 5. The molecule has 0 bridgehead atoms. The van der Waals surface area contributed by atoms with E-state index in [9.17, 15) is 31.9 Å². The minimum Gasteiger partial charge on any atom is -0.367 e. The zero-order valence-electron chi connectivity index (χ0n) is 24.2. The first-order chi connectivity index (χ1) is 20.1. The van der Waals surface area contributed by atoms with Gasteiger partial charge in [0.25, 0.3) is 5.91 Å². The monoisotopic (exact) mass is 631 g/mol. The molecule has 0 aromatic heterocycles. The Morgan fingerprint density at radius 3 is 2.37 bits per heavy atom. The molecule has 43 heavy (non-hydrogen) atoms. The Hall–Kier alpha value is -3.45. The number of benzene rings is 2. The van der Waals surface area contributed by atoms with Gasteiger partial charge < -0.3 is 20.9 Å². The summed E-state index contributed by atoms with van der Waals surface area (Å²) >= 11 is 6.20. The lowest BCUT2D eigenvalue weighted by Crippen LogP contribution is -2.52. The van der Waals surface area contributed by atoms with Crippen LogP contribution in [-0.4, -0.2) is 67.1 Å². The molecule has 0 spiro atoms. The standard InChI is InChI=1S/C29H35ClF5N5O3/c1-16(2)26(37-18(4)41)28(43)36-14-19-5-7-21(25(32)24(19)31)27(42)38-22-8-6-20(30)13-23(22)40-12-11-39(17(3)15-40)10-9-29(33,34)35/h5-8,13,16-17,26H,9-12,14-15H2,1-4H3,(H,36,43)(H,37,41)(H,38,42)/t17-,26?/m0/s1. The second-order valence-corrected chi connectivity index (χ2v) is 11.3. The second kappa shape index (κ2) is 14.3. The highest BCUT2D eigenvalue weighted by molar-refractivity contribution is 6.31. The summed E-state index contributed by atoms with van der Waals surface area (Å²) in [6.07, 6.45) is -5.18. The maximum Gasteiger partial charge on any atom is 0.390 e. The molecule has 1 fully saturated rings. The van der Waals surface area contributed by atoms with E-state index in [4.69, 9.17) is 11.6 Å². The summed E-state index contributed by atoms with van der Waals surface area (Å²) < 4.78 is 68.1. The normalized spacial score (nSPS) is 16.6. The lowest BCUT2D eigenvalue weighted by molar-refractivity contribution is -0.139. The van der Waals surface area contributed by atoms with Crippen LogP contribution in [0, 0.1) is 17.6 Å². The summed E-state index contributed by atoms with van der Waals surface area (Å²) in [7, 11) is 0. The predicted octanol–water partition coefficient (Wildman–Crippen LogP) is 5.11. The van der Waals surface area contributed by atoms with E-state index < -0.39 is 53.6 Å². The van der Waals surface area contributed by atoms with Gasteiger partial charge in [0.2, 0.25) is 11.8 Å². The van der Waals surface area contributed by atoms with E-state index in [1.165, 1.54) is 25.1 Å². The Morgan fingerprint density at radius 2 is 1.77 bits per heavy atom. The fourth-order valence-electron chi connectivity index (χ4n) is 4.83. The first-order valence-corrected chi connectivity index (χ1v) is 14.1. The number of amides is 3. The van der Waals surface area contributed by atoms with Crippen LogP contribution >= 0.6 is 11.6 Å². The Kier molecular flexibility index (Phi) is 11.4. The Balaban J connectivity index is 1.72. The van der Waals surface area contributed by atoms with Gasteiger partial charge in [-0.1, -0.05) is 31.5 Å². The van der Waals surface area contributed by atoms with Gasteiger partial charge in [0, 0.05) is 56.3 Å². The number of carbonyl (C=O) groups is 3. The van der Waals surface area contributed by atoms with Crippen molar-refractivity contribution in [1.82, 2.24) is 15.5 Å². The van der Waals surface area contributed by atoms with Gasteiger partial charge in [-0.2, -0.15) is 13.2 Å². The number of hydrogen-bond donors (Lipinski definition) is 3. The largest absolute Gasteiger partial charge is 0.390 e. The van der Waals surface area contributed by atoms with Gasteiger partial charge >= 0.3 is 6.18 Å². The van der Waals surface area contributed by atoms with Gasteiger partial charge in [-0.25, -0.2) is 8.78 Å². The number of alkyl halides is 3. The highest BCUT2D eigenvalue weighted by Gasteiger charge is 2.32. The number of anilines is 2. The molecule has 3 N–H and O–H groups in total. The molecule has 14 heteroatoms. The van der Waals surface area contributed by atoms with Crippen LogP contribution < -0.4 is 20.9 Å². The molecule has 1 unspecified atom stereocenters. The molecule has 8 nitrogen and oxygen atoms in total. The van der Waals surface area contributed by atoms with Crippen LogP contribution in [-0.2, 0) is 16.1 Å². The Labute approximate surface area is 251 Å².